The van der Waals surface area contributed by atoms with Crippen molar-refractivity contribution in [1.29, 1.82) is 0 Å². The molecule has 1 fully saturated rings. The number of allylic oxidation sites excluding steroid dienone is 11. The van der Waals surface area contributed by atoms with Gasteiger partial charge >= 0.3 is 0 Å². The second-order valence-electron chi connectivity index (χ2n) is 14.4. The summed E-state index contributed by atoms with van der Waals surface area (Å²) in [7, 11) is 0. The summed E-state index contributed by atoms with van der Waals surface area (Å²) in [5.41, 5.74) is 0. The van der Waals surface area contributed by atoms with Crippen molar-refractivity contribution in [2.24, 2.45) is 0 Å². The Hall–Kier alpha value is -2.37. The molecule has 9 nitrogen and oxygen atoms in total. The average molecular weight is 760 g/mol. The molecule has 0 spiro atoms. The molecule has 54 heavy (non-hydrogen) atoms. The molecule has 6 N–H and O–H groups in total. The van der Waals surface area contributed by atoms with Gasteiger partial charge in [0.05, 0.1) is 25.4 Å². The summed E-state index contributed by atoms with van der Waals surface area (Å²) in [6.45, 7) is 3.59. The molecular formula is C45H77NO8. The number of carbonyl (C=O) groups is 1. The molecule has 0 radical (unpaired) electrons. The highest BCUT2D eigenvalue weighted by atomic mass is 16.7. The summed E-state index contributed by atoms with van der Waals surface area (Å²) in [6.07, 6.45) is 39.4. The molecule has 1 heterocycles. The van der Waals surface area contributed by atoms with Gasteiger partial charge in [-0.2, -0.15) is 0 Å². The highest BCUT2D eigenvalue weighted by molar-refractivity contribution is 5.76. The van der Waals surface area contributed by atoms with E-state index in [0.29, 0.717) is 6.42 Å². The van der Waals surface area contributed by atoms with E-state index in [4.69, 9.17) is 9.47 Å². The van der Waals surface area contributed by atoms with Crippen LogP contribution in [0.5, 0.6) is 0 Å². The lowest BCUT2D eigenvalue weighted by atomic mass is 9.99. The largest absolute Gasteiger partial charge is 0.394 e. The third-order valence-electron chi connectivity index (χ3n) is 9.54. The number of amides is 1. The van der Waals surface area contributed by atoms with Crippen molar-refractivity contribution < 1.29 is 39.8 Å². The molecule has 1 rings (SSSR count). The van der Waals surface area contributed by atoms with Crippen molar-refractivity contribution in [2.75, 3.05) is 13.2 Å². The Labute approximate surface area is 328 Å². The molecule has 0 aromatic carbocycles. The zero-order valence-corrected chi connectivity index (χ0v) is 33.7. The first-order chi connectivity index (χ1) is 26.3. The maximum absolute atomic E-state index is 12.9. The highest BCUT2D eigenvalue weighted by Crippen LogP contribution is 2.22. The third kappa shape index (κ3) is 25.7. The van der Waals surface area contributed by atoms with E-state index in [-0.39, 0.29) is 18.9 Å². The Morgan fingerprint density at radius 3 is 1.69 bits per heavy atom. The quantitative estimate of drug-likeness (QED) is 0.0290. The molecule has 0 aliphatic carbocycles. The summed E-state index contributed by atoms with van der Waals surface area (Å²) in [5.74, 6) is -0.238. The SMILES string of the molecule is CC/C=C\C/C=C\C/C=C\C/C=C\C/C=C\CCCC(=O)NC(COC1OC(CO)C(O)C(O)C1O)C(O)/C=C/CCCCCCCCCCCCCC. The summed E-state index contributed by atoms with van der Waals surface area (Å²) in [4.78, 5) is 12.9. The van der Waals surface area contributed by atoms with E-state index in [1.807, 2.05) is 6.08 Å². The van der Waals surface area contributed by atoms with Crippen molar-refractivity contribution in [3.63, 3.8) is 0 Å². The molecule has 310 valence electrons. The Bertz CT molecular complexity index is 1070. The van der Waals surface area contributed by atoms with Crippen LogP contribution in [0.2, 0.25) is 0 Å². The van der Waals surface area contributed by atoms with Crippen LogP contribution in [0.3, 0.4) is 0 Å². The lowest BCUT2D eigenvalue weighted by molar-refractivity contribution is -0.302. The van der Waals surface area contributed by atoms with Gasteiger partial charge in [0.2, 0.25) is 5.91 Å². The normalized spacial score (nSPS) is 22.2. The lowest BCUT2D eigenvalue weighted by Crippen LogP contribution is -2.60. The number of carbonyl (C=O) groups excluding carboxylic acids is 1. The van der Waals surface area contributed by atoms with Gasteiger partial charge in [-0.25, -0.2) is 0 Å². The molecule has 7 unspecified atom stereocenters. The second kappa shape index (κ2) is 35.1. The summed E-state index contributed by atoms with van der Waals surface area (Å²) in [6, 6.07) is -0.836. The van der Waals surface area contributed by atoms with Gasteiger partial charge in [0.15, 0.2) is 6.29 Å². The fourth-order valence-electron chi connectivity index (χ4n) is 6.13. The number of hydrogen-bond acceptors (Lipinski definition) is 8. The molecule has 0 aromatic rings. The number of hydrogen-bond donors (Lipinski definition) is 6. The molecule has 0 bridgehead atoms. The van der Waals surface area contributed by atoms with Crippen LogP contribution in [0.15, 0.2) is 72.9 Å². The zero-order chi connectivity index (χ0) is 39.5. The Kier molecular flexibility index (Phi) is 32.2. The van der Waals surface area contributed by atoms with E-state index >= 15 is 0 Å². The van der Waals surface area contributed by atoms with Crippen LogP contribution in [0.4, 0.5) is 0 Å². The van der Waals surface area contributed by atoms with E-state index in [0.717, 1.165) is 57.8 Å². The smallest absolute Gasteiger partial charge is 0.220 e. The van der Waals surface area contributed by atoms with Crippen LogP contribution in [0, 0.1) is 0 Å². The van der Waals surface area contributed by atoms with Crippen molar-refractivity contribution >= 4 is 5.91 Å². The molecule has 1 aliphatic rings. The molecule has 0 aromatic heterocycles. The minimum Gasteiger partial charge on any atom is -0.394 e. The molecule has 7 atom stereocenters. The fraction of sp³-hybridized carbons (Fsp3) is 0.711. The maximum Gasteiger partial charge on any atom is 0.220 e. The van der Waals surface area contributed by atoms with Gasteiger partial charge in [-0.05, 0) is 57.8 Å². The number of ether oxygens (including phenoxy) is 2. The first-order valence-corrected chi connectivity index (χ1v) is 21.2. The molecule has 1 aliphatic heterocycles. The first-order valence-electron chi connectivity index (χ1n) is 21.2. The van der Waals surface area contributed by atoms with E-state index in [1.165, 1.54) is 64.2 Å². The number of nitrogens with one attached hydrogen (secondary N) is 1. The van der Waals surface area contributed by atoms with Crippen LogP contribution < -0.4 is 5.32 Å². The van der Waals surface area contributed by atoms with Crippen LogP contribution in [0.25, 0.3) is 0 Å². The van der Waals surface area contributed by atoms with Gasteiger partial charge < -0.3 is 40.3 Å². The summed E-state index contributed by atoms with van der Waals surface area (Å²) < 4.78 is 11.2. The molecular weight excluding hydrogens is 682 g/mol. The van der Waals surface area contributed by atoms with Crippen LogP contribution >= 0.6 is 0 Å². The van der Waals surface area contributed by atoms with Gasteiger partial charge in [0, 0.05) is 6.42 Å². The van der Waals surface area contributed by atoms with Crippen molar-refractivity contribution in [3.8, 4) is 0 Å². The molecule has 9 heteroatoms. The molecule has 0 saturated carbocycles. The summed E-state index contributed by atoms with van der Waals surface area (Å²) >= 11 is 0. The first kappa shape index (κ1) is 49.6. The van der Waals surface area contributed by atoms with Crippen LogP contribution in [-0.4, -0.2) is 87.5 Å². The van der Waals surface area contributed by atoms with Crippen molar-refractivity contribution in [3.05, 3.63) is 72.9 Å². The fourth-order valence-corrected chi connectivity index (χ4v) is 6.13. The van der Waals surface area contributed by atoms with Crippen LogP contribution in [-0.2, 0) is 14.3 Å². The molecule has 1 amide bonds. The van der Waals surface area contributed by atoms with Gasteiger partial charge in [0.25, 0.3) is 0 Å². The van der Waals surface area contributed by atoms with Gasteiger partial charge in [0.1, 0.15) is 24.4 Å². The second-order valence-corrected chi connectivity index (χ2v) is 14.4. The van der Waals surface area contributed by atoms with E-state index in [9.17, 15) is 30.3 Å². The zero-order valence-electron chi connectivity index (χ0n) is 33.7. The number of aliphatic hydroxyl groups is 5. The topological polar surface area (TPSA) is 149 Å². The number of rotatable bonds is 33. The maximum atomic E-state index is 12.9. The van der Waals surface area contributed by atoms with Gasteiger partial charge in [-0.3, -0.25) is 4.79 Å². The third-order valence-corrected chi connectivity index (χ3v) is 9.54. The summed E-state index contributed by atoms with van der Waals surface area (Å²) in [5, 5.41) is 54.0. The van der Waals surface area contributed by atoms with E-state index in [2.05, 4.69) is 79.9 Å². The predicted molar refractivity (Wildman–Crippen MR) is 221 cm³/mol. The minimum absolute atomic E-state index is 0.215. The standard InChI is InChI=1S/C45H77NO8/c1-3-5-7-9-11-13-15-17-19-20-21-23-25-27-29-31-33-35-41(49)46-38(37-53-45-44(52)43(51)42(50)40(36-47)54-45)39(48)34-32-30-28-26-24-22-18-16-14-12-10-8-6-4-2/h5,7,11,13,17,19,21,23,27,29,32,34,38-40,42-45,47-48,50-52H,3-4,6,8-10,12,14-16,18,20,22,24-26,28,30-31,33,35-37H2,1-2H3,(H,46,49)/b7-5-,13-11-,19-17-,23-21-,29-27-,34-32+. The van der Waals surface area contributed by atoms with Crippen LogP contribution in [0.1, 0.15) is 149 Å². The molecule has 1 saturated heterocycles. The predicted octanol–water partition coefficient (Wildman–Crippen LogP) is 8.22. The number of aliphatic hydroxyl groups excluding tert-OH is 5. The highest BCUT2D eigenvalue weighted by Gasteiger charge is 2.44. The van der Waals surface area contributed by atoms with Crippen molar-refractivity contribution in [2.45, 2.75) is 192 Å². The van der Waals surface area contributed by atoms with Gasteiger partial charge in [-0.15, -0.1) is 0 Å². The van der Waals surface area contributed by atoms with Crippen molar-refractivity contribution in [1.82, 2.24) is 5.32 Å². The lowest BCUT2D eigenvalue weighted by Gasteiger charge is -2.40. The Morgan fingerprint density at radius 2 is 1.15 bits per heavy atom. The Balaban J connectivity index is 2.47. The van der Waals surface area contributed by atoms with E-state index in [1.54, 1.807) is 6.08 Å². The monoisotopic (exact) mass is 760 g/mol. The van der Waals surface area contributed by atoms with E-state index < -0.39 is 49.5 Å². The van der Waals surface area contributed by atoms with Gasteiger partial charge in [-0.1, -0.05) is 157 Å². The Morgan fingerprint density at radius 1 is 0.648 bits per heavy atom. The number of unbranched alkanes of at least 4 members (excludes halogenated alkanes) is 13. The average Bonchev–Trinajstić information content (AvgIpc) is 3.17. The minimum atomic E-state index is -1.58.